The molecule has 0 aromatic carbocycles. The number of aromatic nitrogens is 2. The fourth-order valence-corrected chi connectivity index (χ4v) is 5.73. The van der Waals surface area contributed by atoms with Gasteiger partial charge in [-0.2, -0.15) is 0 Å². The number of amides is 1. The maximum Gasteiger partial charge on any atom is 0.267 e. The number of anilines is 1. The van der Waals surface area contributed by atoms with E-state index in [1.54, 1.807) is 12.3 Å². The summed E-state index contributed by atoms with van der Waals surface area (Å²) in [6, 6.07) is 6.74. The Kier molecular flexibility index (Phi) is 5.52. The molecule has 2 atom stereocenters. The summed E-state index contributed by atoms with van der Waals surface area (Å²) in [7, 11) is 0. The Morgan fingerprint density at radius 2 is 1.94 bits per heavy atom. The highest BCUT2D eigenvalue weighted by Gasteiger charge is 2.35. The molecule has 2 unspecified atom stereocenters. The normalized spacial score (nSPS) is 24.2. The standard InChI is InChI=1S/C24H31N5O2/c25-23(30)21-14-17(9-10-26-21)28-11-3-6-18(15-28)29-12-4-8-22(29)20-13-16-5-1-2-7-19(16)24(31)27-20/h9-10,13-14,18,22H,1-8,11-12,15H2,(H2,25,30)(H,27,31). The van der Waals surface area contributed by atoms with E-state index in [-0.39, 0.29) is 11.6 Å². The Labute approximate surface area is 182 Å². The molecule has 3 N–H and O–H groups in total. The van der Waals surface area contributed by atoms with Gasteiger partial charge in [0.1, 0.15) is 5.69 Å². The molecular weight excluding hydrogens is 390 g/mol. The van der Waals surface area contributed by atoms with Gasteiger partial charge in [0, 0.05) is 42.3 Å². The second-order valence-corrected chi connectivity index (χ2v) is 9.17. The van der Waals surface area contributed by atoms with Crippen molar-refractivity contribution in [1.82, 2.24) is 14.9 Å². The fraction of sp³-hybridized carbons (Fsp3) is 0.542. The molecule has 2 aromatic rings. The summed E-state index contributed by atoms with van der Waals surface area (Å²) in [5, 5.41) is 0. The lowest BCUT2D eigenvalue weighted by molar-refractivity contribution is 0.0995. The van der Waals surface area contributed by atoms with Gasteiger partial charge in [-0.15, -0.1) is 0 Å². The van der Waals surface area contributed by atoms with Crippen LogP contribution in [-0.4, -0.2) is 46.5 Å². The van der Waals surface area contributed by atoms with Crippen LogP contribution in [0.25, 0.3) is 0 Å². The first kappa shape index (κ1) is 20.2. The Morgan fingerprint density at radius 3 is 2.81 bits per heavy atom. The summed E-state index contributed by atoms with van der Waals surface area (Å²) in [6.45, 7) is 2.94. The maximum absolute atomic E-state index is 12.7. The molecule has 31 heavy (non-hydrogen) atoms. The fourth-order valence-electron chi connectivity index (χ4n) is 5.73. The zero-order valence-electron chi connectivity index (χ0n) is 18.0. The van der Waals surface area contributed by atoms with Crippen LogP contribution in [0.1, 0.15) is 71.9 Å². The number of rotatable bonds is 4. The summed E-state index contributed by atoms with van der Waals surface area (Å²) in [4.78, 5) is 36.5. The molecule has 0 radical (unpaired) electrons. The number of hydrogen-bond donors (Lipinski definition) is 2. The van der Waals surface area contributed by atoms with E-state index in [4.69, 9.17) is 5.73 Å². The van der Waals surface area contributed by atoms with E-state index in [1.807, 2.05) is 6.07 Å². The van der Waals surface area contributed by atoms with Crippen molar-refractivity contribution in [2.24, 2.45) is 5.73 Å². The molecule has 2 aromatic heterocycles. The molecule has 7 heteroatoms. The molecule has 2 fully saturated rings. The van der Waals surface area contributed by atoms with Gasteiger partial charge >= 0.3 is 0 Å². The van der Waals surface area contributed by atoms with Crippen LogP contribution in [0.5, 0.6) is 0 Å². The molecule has 2 saturated heterocycles. The van der Waals surface area contributed by atoms with E-state index in [1.165, 1.54) is 12.0 Å². The zero-order valence-corrected chi connectivity index (χ0v) is 18.0. The number of piperidine rings is 1. The third-order valence-electron chi connectivity index (χ3n) is 7.25. The van der Waals surface area contributed by atoms with Crippen molar-refractivity contribution in [2.45, 2.75) is 63.5 Å². The van der Waals surface area contributed by atoms with E-state index in [2.05, 4.69) is 25.8 Å². The SMILES string of the molecule is NC(=O)c1cc(N2CCCC(N3CCCC3c3cc4c(c(=O)[nH]3)CCCC4)C2)ccn1. The highest BCUT2D eigenvalue weighted by atomic mass is 16.1. The summed E-state index contributed by atoms with van der Waals surface area (Å²) in [5.41, 5.74) is 10.2. The van der Waals surface area contributed by atoms with Gasteiger partial charge in [-0.1, -0.05) is 0 Å². The van der Waals surface area contributed by atoms with E-state index in [9.17, 15) is 9.59 Å². The average Bonchev–Trinajstić information content (AvgIpc) is 3.29. The number of H-pyrrole nitrogens is 1. The Hall–Kier alpha value is -2.67. The van der Waals surface area contributed by atoms with Crippen molar-refractivity contribution in [3.8, 4) is 0 Å². The van der Waals surface area contributed by atoms with Crippen molar-refractivity contribution < 1.29 is 4.79 Å². The summed E-state index contributed by atoms with van der Waals surface area (Å²) < 4.78 is 0. The monoisotopic (exact) mass is 421 g/mol. The number of nitrogens with two attached hydrogens (primary N) is 1. The second kappa shape index (κ2) is 8.46. The van der Waals surface area contributed by atoms with Crippen molar-refractivity contribution in [3.63, 3.8) is 0 Å². The lowest BCUT2D eigenvalue weighted by atomic mass is 9.91. The number of aromatic amines is 1. The Balaban J connectivity index is 1.37. The predicted molar refractivity (Wildman–Crippen MR) is 120 cm³/mol. The van der Waals surface area contributed by atoms with E-state index in [0.29, 0.717) is 11.7 Å². The van der Waals surface area contributed by atoms with Crippen molar-refractivity contribution in [1.29, 1.82) is 0 Å². The number of hydrogen-bond acceptors (Lipinski definition) is 5. The highest BCUT2D eigenvalue weighted by molar-refractivity contribution is 5.91. The van der Waals surface area contributed by atoms with Crippen molar-refractivity contribution in [3.05, 3.63) is 57.3 Å². The molecule has 7 nitrogen and oxygen atoms in total. The molecule has 5 rings (SSSR count). The lowest BCUT2D eigenvalue weighted by Crippen LogP contribution is -2.48. The second-order valence-electron chi connectivity index (χ2n) is 9.17. The van der Waals surface area contributed by atoms with Gasteiger partial charge in [-0.25, -0.2) is 0 Å². The summed E-state index contributed by atoms with van der Waals surface area (Å²) >= 11 is 0. The van der Waals surface area contributed by atoms with Crippen LogP contribution in [-0.2, 0) is 12.8 Å². The topological polar surface area (TPSA) is 95.3 Å². The third kappa shape index (κ3) is 3.99. The van der Waals surface area contributed by atoms with Gasteiger partial charge in [0.15, 0.2) is 0 Å². The molecule has 4 heterocycles. The molecule has 0 spiro atoms. The quantitative estimate of drug-likeness (QED) is 0.791. The van der Waals surface area contributed by atoms with Crippen molar-refractivity contribution >= 4 is 11.6 Å². The average molecular weight is 422 g/mol. The van der Waals surface area contributed by atoms with Crippen LogP contribution in [0.4, 0.5) is 5.69 Å². The number of aryl methyl sites for hydroxylation is 1. The Bertz CT molecular complexity index is 1030. The smallest absolute Gasteiger partial charge is 0.267 e. The predicted octanol–water partition coefficient (Wildman–Crippen LogP) is 2.55. The number of fused-ring (bicyclic) bond motifs is 1. The van der Waals surface area contributed by atoms with Crippen LogP contribution in [0.3, 0.4) is 0 Å². The molecule has 1 amide bonds. The number of carbonyl (C=O) groups is 1. The lowest BCUT2D eigenvalue weighted by Gasteiger charge is -2.41. The van der Waals surface area contributed by atoms with Gasteiger partial charge < -0.3 is 15.6 Å². The van der Waals surface area contributed by atoms with Crippen LogP contribution in [0.15, 0.2) is 29.2 Å². The van der Waals surface area contributed by atoms with Gasteiger partial charge in [0.25, 0.3) is 11.5 Å². The molecule has 0 saturated carbocycles. The van der Waals surface area contributed by atoms with Crippen LogP contribution >= 0.6 is 0 Å². The number of pyridine rings is 2. The molecule has 2 aliphatic heterocycles. The van der Waals surface area contributed by atoms with E-state index >= 15 is 0 Å². The minimum atomic E-state index is -0.494. The maximum atomic E-state index is 12.7. The number of nitrogens with zero attached hydrogens (tertiary/aromatic N) is 3. The summed E-state index contributed by atoms with van der Waals surface area (Å²) in [5.74, 6) is -0.494. The third-order valence-corrected chi connectivity index (χ3v) is 7.25. The molecule has 1 aliphatic carbocycles. The van der Waals surface area contributed by atoms with Gasteiger partial charge in [-0.3, -0.25) is 19.5 Å². The molecule has 0 bridgehead atoms. The van der Waals surface area contributed by atoms with E-state index in [0.717, 1.165) is 81.5 Å². The number of primary amides is 1. The largest absolute Gasteiger partial charge is 0.370 e. The number of carbonyl (C=O) groups excluding carboxylic acids is 1. The molecular formula is C24H31N5O2. The van der Waals surface area contributed by atoms with Crippen molar-refractivity contribution in [2.75, 3.05) is 24.5 Å². The summed E-state index contributed by atoms with van der Waals surface area (Å²) in [6.07, 6.45) is 10.4. The molecule has 164 valence electrons. The van der Waals surface area contributed by atoms with Gasteiger partial charge in [0.05, 0.1) is 6.04 Å². The first-order valence-electron chi connectivity index (χ1n) is 11.6. The zero-order chi connectivity index (χ0) is 21.4. The molecule has 3 aliphatic rings. The first-order valence-corrected chi connectivity index (χ1v) is 11.6. The van der Waals surface area contributed by atoms with E-state index < -0.39 is 5.91 Å². The number of likely N-dealkylation sites (tertiary alicyclic amines) is 1. The first-order chi connectivity index (χ1) is 15.1. The minimum absolute atomic E-state index is 0.125. The Morgan fingerprint density at radius 1 is 1.10 bits per heavy atom. The van der Waals surface area contributed by atoms with Gasteiger partial charge in [0.2, 0.25) is 0 Å². The van der Waals surface area contributed by atoms with Crippen LogP contribution < -0.4 is 16.2 Å². The minimum Gasteiger partial charge on any atom is -0.370 e. The highest BCUT2D eigenvalue weighted by Crippen LogP contribution is 2.36. The van der Waals surface area contributed by atoms with Crippen LogP contribution in [0, 0.1) is 0 Å². The number of nitrogens with one attached hydrogen (secondary N) is 1. The van der Waals surface area contributed by atoms with Crippen LogP contribution in [0.2, 0.25) is 0 Å². The van der Waals surface area contributed by atoms with Gasteiger partial charge in [-0.05, 0) is 81.7 Å².